The van der Waals surface area contributed by atoms with E-state index in [0.29, 0.717) is 21.7 Å². The Bertz CT molecular complexity index is 1520. The molecule has 308 valence electrons. The molecule has 0 aliphatic heterocycles. The number of fused-ring (bicyclic) bond motifs is 4. The Kier molecular flexibility index (Phi) is 12.7. The summed E-state index contributed by atoms with van der Waals surface area (Å²) in [7, 11) is 0. The summed E-state index contributed by atoms with van der Waals surface area (Å²) in [6.07, 6.45) is 27.9. The monoisotopic (exact) mass is 749 g/mol. The van der Waals surface area contributed by atoms with Crippen LogP contribution < -0.4 is 0 Å². The standard InChI is InChI=1S/3C15H24.C10H16/c1-10-11-6-7-12-13(11)14(2,3)8-5-9-15(10,12)4;1-9-6-8-12-14(15(12,3)4)13-10(2)5-7-11(9)13;1-11-6-5-7-12(2)13-10-15(3,4)14(13)9-8-11;1-8(2)10-6-4-9(3)5-7-10/h11-13H,1,5-9H2,2-4H3;10-14H,1,5-8H2,2-4H3;6,13-14H,2,5,7-10H2,1,3-4H3;4,10H,1,5-7H2,2-3H3/b;;11-6+;/t11?,12?,13?,15-;10-,11+,12-,13-,14-;13-,14-;10-/m0110/s1. The predicted molar refractivity (Wildman–Crippen MR) is 242 cm³/mol. The van der Waals surface area contributed by atoms with Crippen molar-refractivity contribution in [1.29, 1.82) is 0 Å². The SMILES string of the molecule is C=C(C)[C@H]1CC=C(C)CC1.C=C1C2CCC3C2C(C)(C)CCC[C@@]13C.C=C1CC/C=C(\C)CC[C@@H]2[C@@H]1CC2(C)C.C=C1CC[C@@H]2[C@H]([C@@H]3[C@H](C)CC[C@@H]13)C2(C)C. The van der Waals surface area contributed by atoms with Crippen LogP contribution in [-0.2, 0) is 0 Å². The van der Waals surface area contributed by atoms with E-state index in [0.717, 1.165) is 65.1 Å². The van der Waals surface area contributed by atoms with Gasteiger partial charge in [-0.3, -0.25) is 0 Å². The molecule has 0 aromatic carbocycles. The van der Waals surface area contributed by atoms with Crippen molar-refractivity contribution in [3.8, 4) is 0 Å². The highest BCUT2D eigenvalue weighted by Crippen LogP contribution is 2.71. The van der Waals surface area contributed by atoms with Gasteiger partial charge in [0.25, 0.3) is 0 Å². The molecule has 0 nitrogen and oxygen atoms in total. The van der Waals surface area contributed by atoms with Crippen LogP contribution in [0.25, 0.3) is 0 Å². The van der Waals surface area contributed by atoms with Crippen LogP contribution in [0.5, 0.6) is 0 Å². The maximum atomic E-state index is 4.46. The Morgan fingerprint density at radius 1 is 0.636 bits per heavy atom. The number of hydrogen-bond acceptors (Lipinski definition) is 0. The third-order valence-electron chi connectivity index (χ3n) is 18.9. The summed E-state index contributed by atoms with van der Waals surface area (Å²) in [5.41, 5.74) is 11.5. The average Bonchev–Trinajstić information content (AvgIpc) is 3.41. The third kappa shape index (κ3) is 8.48. The topological polar surface area (TPSA) is 0 Å². The second-order valence-corrected chi connectivity index (χ2v) is 23.5. The molecule has 7 fully saturated rings. The van der Waals surface area contributed by atoms with Crippen LogP contribution in [0.3, 0.4) is 0 Å². The van der Waals surface area contributed by atoms with Crippen LogP contribution in [0.1, 0.15) is 185 Å². The molecular formula is C55H88. The van der Waals surface area contributed by atoms with Crippen molar-refractivity contribution in [2.45, 2.75) is 185 Å². The molecule has 9 aliphatic rings. The van der Waals surface area contributed by atoms with E-state index < -0.39 is 0 Å². The summed E-state index contributed by atoms with van der Waals surface area (Å²) in [6, 6.07) is 0. The van der Waals surface area contributed by atoms with Gasteiger partial charge in [0.05, 0.1) is 0 Å². The van der Waals surface area contributed by atoms with E-state index >= 15 is 0 Å². The predicted octanol–water partition coefficient (Wildman–Crippen LogP) is 16.7. The molecule has 0 amide bonds. The fourth-order valence-corrected chi connectivity index (χ4v) is 15.1. The van der Waals surface area contributed by atoms with Gasteiger partial charge in [-0.2, -0.15) is 0 Å². The Labute approximate surface area is 342 Å². The summed E-state index contributed by atoms with van der Waals surface area (Å²) in [6.45, 7) is 43.6. The smallest absolute Gasteiger partial charge is 0.00849 e. The Morgan fingerprint density at radius 3 is 1.93 bits per heavy atom. The third-order valence-corrected chi connectivity index (χ3v) is 18.9. The van der Waals surface area contributed by atoms with Crippen molar-refractivity contribution in [3.05, 3.63) is 71.9 Å². The number of hydrogen-bond donors (Lipinski definition) is 0. The molecule has 0 heterocycles. The van der Waals surface area contributed by atoms with E-state index in [1.54, 1.807) is 22.3 Å². The first kappa shape index (κ1) is 43.0. The molecule has 0 spiro atoms. The number of rotatable bonds is 1. The highest BCUT2D eigenvalue weighted by Gasteiger charge is 2.64. The van der Waals surface area contributed by atoms with Crippen molar-refractivity contribution >= 4 is 0 Å². The van der Waals surface area contributed by atoms with Crippen LogP contribution in [0.15, 0.2) is 71.9 Å². The lowest BCUT2D eigenvalue weighted by Gasteiger charge is -2.53. The normalized spacial score (nSPS) is 43.6. The van der Waals surface area contributed by atoms with Crippen LogP contribution >= 0.6 is 0 Å². The molecule has 3 unspecified atom stereocenters. The minimum Gasteiger partial charge on any atom is -0.0998 e. The number of allylic oxidation sites excluding steroid dienone is 8. The highest BCUT2D eigenvalue weighted by atomic mass is 14.7. The molecular weight excluding hydrogens is 661 g/mol. The molecule has 55 heavy (non-hydrogen) atoms. The largest absolute Gasteiger partial charge is 0.0998 e. The Hall–Kier alpha value is -1.56. The van der Waals surface area contributed by atoms with Gasteiger partial charge in [0, 0.05) is 0 Å². The fraction of sp³-hybridized carbons (Fsp3) is 0.782. The zero-order chi connectivity index (χ0) is 40.2. The van der Waals surface area contributed by atoms with Crippen molar-refractivity contribution in [3.63, 3.8) is 0 Å². The van der Waals surface area contributed by atoms with E-state index in [1.165, 1.54) is 120 Å². The minimum atomic E-state index is 0.515. The first-order valence-corrected chi connectivity index (χ1v) is 23.7. The Morgan fingerprint density at radius 2 is 1.27 bits per heavy atom. The molecule has 9 aliphatic carbocycles. The minimum absolute atomic E-state index is 0.515. The zero-order valence-corrected chi connectivity index (χ0v) is 38.4. The average molecular weight is 749 g/mol. The van der Waals surface area contributed by atoms with Gasteiger partial charge in [0.15, 0.2) is 0 Å². The van der Waals surface area contributed by atoms with Gasteiger partial charge in [-0.15, -0.1) is 0 Å². The van der Waals surface area contributed by atoms with Gasteiger partial charge in [0.1, 0.15) is 0 Å². The maximum Gasteiger partial charge on any atom is -0.00849 e. The van der Waals surface area contributed by atoms with E-state index in [2.05, 4.69) is 115 Å². The highest BCUT2D eigenvalue weighted by molar-refractivity contribution is 5.29. The van der Waals surface area contributed by atoms with E-state index in [4.69, 9.17) is 0 Å². The lowest BCUT2D eigenvalue weighted by molar-refractivity contribution is 0.00384. The molecule has 7 saturated carbocycles. The van der Waals surface area contributed by atoms with Gasteiger partial charge in [-0.1, -0.05) is 134 Å². The van der Waals surface area contributed by atoms with E-state index in [1.807, 2.05) is 0 Å². The lowest BCUT2D eigenvalue weighted by Crippen LogP contribution is -2.44. The lowest BCUT2D eigenvalue weighted by atomic mass is 9.52. The molecule has 9 rings (SSSR count). The fourth-order valence-electron chi connectivity index (χ4n) is 15.1. The maximum absolute atomic E-state index is 4.46. The summed E-state index contributed by atoms with van der Waals surface area (Å²) in [5.74, 6) is 10.2. The van der Waals surface area contributed by atoms with Crippen molar-refractivity contribution in [2.75, 3.05) is 0 Å². The molecule has 4 bridgehead atoms. The van der Waals surface area contributed by atoms with Crippen LogP contribution in [0.2, 0.25) is 0 Å². The van der Waals surface area contributed by atoms with Gasteiger partial charge in [-0.25, -0.2) is 0 Å². The summed E-state index contributed by atoms with van der Waals surface area (Å²) in [5, 5.41) is 0. The van der Waals surface area contributed by atoms with Crippen LogP contribution in [-0.4, -0.2) is 0 Å². The molecule has 0 N–H and O–H groups in total. The van der Waals surface area contributed by atoms with Gasteiger partial charge in [0.2, 0.25) is 0 Å². The summed E-state index contributed by atoms with van der Waals surface area (Å²) in [4.78, 5) is 0. The Balaban J connectivity index is 0.000000126. The van der Waals surface area contributed by atoms with E-state index in [9.17, 15) is 0 Å². The molecule has 0 aromatic rings. The first-order chi connectivity index (χ1) is 25.7. The zero-order valence-electron chi connectivity index (χ0n) is 38.4. The molecule has 0 radical (unpaired) electrons. The molecule has 0 saturated heterocycles. The van der Waals surface area contributed by atoms with Crippen LogP contribution in [0.4, 0.5) is 0 Å². The summed E-state index contributed by atoms with van der Waals surface area (Å²) < 4.78 is 0. The summed E-state index contributed by atoms with van der Waals surface area (Å²) >= 11 is 0. The second kappa shape index (κ2) is 16.2. The second-order valence-electron chi connectivity index (χ2n) is 23.5. The first-order valence-electron chi connectivity index (χ1n) is 23.7. The van der Waals surface area contributed by atoms with Gasteiger partial charge >= 0.3 is 0 Å². The van der Waals surface area contributed by atoms with Crippen molar-refractivity contribution in [1.82, 2.24) is 0 Å². The van der Waals surface area contributed by atoms with Gasteiger partial charge < -0.3 is 0 Å². The van der Waals surface area contributed by atoms with Crippen molar-refractivity contribution in [2.24, 2.45) is 86.8 Å². The quantitative estimate of drug-likeness (QED) is 0.234. The van der Waals surface area contributed by atoms with Crippen molar-refractivity contribution < 1.29 is 0 Å². The molecule has 0 aromatic heterocycles. The van der Waals surface area contributed by atoms with E-state index in [-0.39, 0.29) is 0 Å². The van der Waals surface area contributed by atoms with Gasteiger partial charge in [-0.05, 0) is 210 Å². The molecule has 12 atom stereocenters. The molecule has 0 heteroatoms. The van der Waals surface area contributed by atoms with Crippen LogP contribution in [0, 0.1) is 86.8 Å².